The number of hydrogen-bond acceptors (Lipinski definition) is 0. The molecule has 0 saturated heterocycles. The van der Waals surface area contributed by atoms with E-state index in [0.29, 0.717) is 0 Å². The van der Waals surface area contributed by atoms with Crippen LogP contribution in [0.1, 0.15) is 27.7 Å². The van der Waals surface area contributed by atoms with Gasteiger partial charge in [-0.2, -0.15) is 0 Å². The Balaban J connectivity index is 0. The first-order valence-electron chi connectivity index (χ1n) is 2.79. The average molecular weight is 217 g/mol. The summed E-state index contributed by atoms with van der Waals surface area (Å²) in [5, 5.41) is 0. The SMILES string of the molecule is CC(C)([NH3+])C(C)(C)Br.[Cl-]. The summed E-state index contributed by atoms with van der Waals surface area (Å²) in [5.41, 5.74) is 4.10. The summed E-state index contributed by atoms with van der Waals surface area (Å²) in [4.78, 5) is 0. The molecule has 0 amide bonds. The molecule has 0 aliphatic carbocycles. The van der Waals surface area contributed by atoms with Crippen molar-refractivity contribution in [3.8, 4) is 0 Å². The maximum atomic E-state index is 3.99. The van der Waals surface area contributed by atoms with Gasteiger partial charge in [-0.25, -0.2) is 0 Å². The normalized spacial score (nSPS) is 12.7. The summed E-state index contributed by atoms with van der Waals surface area (Å²) in [5.74, 6) is 0. The van der Waals surface area contributed by atoms with Crippen molar-refractivity contribution in [3.63, 3.8) is 0 Å². The van der Waals surface area contributed by atoms with Gasteiger partial charge in [0.15, 0.2) is 0 Å². The van der Waals surface area contributed by atoms with Crippen LogP contribution in [0.15, 0.2) is 0 Å². The second-order valence-corrected chi connectivity index (χ2v) is 5.34. The van der Waals surface area contributed by atoms with E-state index in [1.54, 1.807) is 0 Å². The van der Waals surface area contributed by atoms with Crippen molar-refractivity contribution in [1.29, 1.82) is 0 Å². The number of quaternary nitrogens is 1. The van der Waals surface area contributed by atoms with E-state index in [0.717, 1.165) is 0 Å². The van der Waals surface area contributed by atoms with Crippen LogP contribution in [0.3, 0.4) is 0 Å². The fraction of sp³-hybridized carbons (Fsp3) is 1.00. The molecule has 0 radical (unpaired) electrons. The third-order valence-corrected chi connectivity index (χ3v) is 2.68. The van der Waals surface area contributed by atoms with Crippen LogP contribution in [-0.2, 0) is 0 Å². The number of rotatable bonds is 1. The molecule has 0 fully saturated rings. The molecule has 0 aromatic carbocycles. The third kappa shape index (κ3) is 4.18. The fourth-order valence-electron chi connectivity index (χ4n) is 0. The highest BCUT2D eigenvalue weighted by Crippen LogP contribution is 2.25. The number of halogens is 2. The van der Waals surface area contributed by atoms with Gasteiger partial charge in [0, 0.05) is 0 Å². The summed E-state index contributed by atoms with van der Waals surface area (Å²) in [6.07, 6.45) is 0. The largest absolute Gasteiger partial charge is 1.00 e. The maximum absolute atomic E-state index is 3.99. The van der Waals surface area contributed by atoms with E-state index >= 15 is 0 Å². The van der Waals surface area contributed by atoms with E-state index in [1.165, 1.54) is 0 Å². The summed E-state index contributed by atoms with van der Waals surface area (Å²) in [6, 6.07) is 0. The Kier molecular flexibility index (Phi) is 4.44. The van der Waals surface area contributed by atoms with Crippen molar-refractivity contribution < 1.29 is 18.1 Å². The van der Waals surface area contributed by atoms with Crippen LogP contribution in [0.25, 0.3) is 0 Å². The highest BCUT2D eigenvalue weighted by Gasteiger charge is 2.33. The Labute approximate surface area is 71.9 Å². The van der Waals surface area contributed by atoms with E-state index in [4.69, 9.17) is 0 Å². The monoisotopic (exact) mass is 215 g/mol. The zero-order valence-corrected chi connectivity index (χ0v) is 8.80. The van der Waals surface area contributed by atoms with Crippen LogP contribution in [0.4, 0.5) is 0 Å². The topological polar surface area (TPSA) is 27.6 Å². The summed E-state index contributed by atoms with van der Waals surface area (Å²) < 4.78 is 0.139. The van der Waals surface area contributed by atoms with Gasteiger partial charge in [-0.1, -0.05) is 15.9 Å². The van der Waals surface area contributed by atoms with Crippen LogP contribution in [0.2, 0.25) is 0 Å². The molecule has 0 aliphatic heterocycles. The van der Waals surface area contributed by atoms with E-state index < -0.39 is 0 Å². The Hall–Kier alpha value is 0.730. The smallest absolute Gasteiger partial charge is 0.104 e. The molecule has 0 atom stereocenters. The van der Waals surface area contributed by atoms with Crippen molar-refractivity contribution in [1.82, 2.24) is 0 Å². The lowest BCUT2D eigenvalue weighted by Crippen LogP contribution is -3.00. The molecule has 9 heavy (non-hydrogen) atoms. The molecular weight excluding hydrogens is 201 g/mol. The molecule has 0 bridgehead atoms. The maximum Gasteiger partial charge on any atom is 0.104 e. The van der Waals surface area contributed by atoms with Gasteiger partial charge in [-0.15, -0.1) is 0 Å². The predicted octanol–water partition coefficient (Wildman–Crippen LogP) is -1.82. The second kappa shape index (κ2) is 3.22. The molecule has 3 heteroatoms. The molecule has 58 valence electrons. The third-order valence-electron chi connectivity index (χ3n) is 1.61. The Morgan fingerprint density at radius 2 is 1.22 bits per heavy atom. The Morgan fingerprint density at radius 1 is 1.11 bits per heavy atom. The summed E-state index contributed by atoms with van der Waals surface area (Å²) in [7, 11) is 0. The molecule has 0 aliphatic rings. The van der Waals surface area contributed by atoms with Crippen molar-refractivity contribution in [2.75, 3.05) is 0 Å². The minimum atomic E-state index is 0. The van der Waals surface area contributed by atoms with E-state index in [1.807, 2.05) is 0 Å². The van der Waals surface area contributed by atoms with Gasteiger partial charge in [-0.3, -0.25) is 0 Å². The fourth-order valence-corrected chi connectivity index (χ4v) is 0. The lowest BCUT2D eigenvalue weighted by Gasteiger charge is -2.28. The molecule has 0 heterocycles. The molecule has 3 N–H and O–H groups in total. The molecule has 1 nitrogen and oxygen atoms in total. The standard InChI is InChI=1S/C6H14BrN.ClH/c1-5(2,7)6(3,4)8;/h8H2,1-4H3;1H. The average Bonchev–Trinajstić information content (AvgIpc) is 1.25. The molecular formula is C6H15BrClN. The molecule has 0 rings (SSSR count). The van der Waals surface area contributed by atoms with Crippen LogP contribution >= 0.6 is 15.9 Å². The van der Waals surface area contributed by atoms with Gasteiger partial charge in [-0.05, 0) is 27.7 Å². The van der Waals surface area contributed by atoms with Gasteiger partial charge in [0.25, 0.3) is 0 Å². The van der Waals surface area contributed by atoms with Crippen molar-refractivity contribution in [2.24, 2.45) is 0 Å². The van der Waals surface area contributed by atoms with Crippen molar-refractivity contribution in [2.45, 2.75) is 37.6 Å². The first-order valence-corrected chi connectivity index (χ1v) is 3.59. The quantitative estimate of drug-likeness (QED) is 0.500. The zero-order valence-electron chi connectivity index (χ0n) is 6.46. The lowest BCUT2D eigenvalue weighted by molar-refractivity contribution is -0.471. The molecule has 0 unspecified atom stereocenters. The second-order valence-electron chi connectivity index (χ2n) is 3.36. The van der Waals surface area contributed by atoms with Gasteiger partial charge in [0.1, 0.15) is 5.54 Å². The molecule has 0 aromatic heterocycles. The van der Waals surface area contributed by atoms with Gasteiger partial charge < -0.3 is 18.1 Å². The van der Waals surface area contributed by atoms with Crippen LogP contribution in [-0.4, -0.2) is 9.86 Å². The first-order chi connectivity index (χ1) is 3.25. The van der Waals surface area contributed by atoms with Gasteiger partial charge in [0.05, 0.1) is 4.32 Å². The first kappa shape index (κ1) is 12.4. The van der Waals surface area contributed by atoms with E-state index in [2.05, 4.69) is 49.4 Å². The highest BCUT2D eigenvalue weighted by atomic mass is 79.9. The summed E-state index contributed by atoms with van der Waals surface area (Å²) >= 11 is 3.54. The van der Waals surface area contributed by atoms with Crippen LogP contribution < -0.4 is 18.1 Å². The molecule has 0 saturated carbocycles. The predicted molar refractivity (Wildman–Crippen MR) is 40.0 cm³/mol. The minimum absolute atomic E-state index is 0. The highest BCUT2D eigenvalue weighted by molar-refractivity contribution is 9.10. The zero-order chi connectivity index (χ0) is 7.00. The van der Waals surface area contributed by atoms with Crippen molar-refractivity contribution in [3.05, 3.63) is 0 Å². The number of alkyl halides is 1. The lowest BCUT2D eigenvalue weighted by atomic mass is 9.92. The van der Waals surface area contributed by atoms with Crippen LogP contribution in [0, 0.1) is 0 Å². The van der Waals surface area contributed by atoms with Crippen molar-refractivity contribution >= 4 is 15.9 Å². The van der Waals surface area contributed by atoms with Gasteiger partial charge in [0.2, 0.25) is 0 Å². The minimum Gasteiger partial charge on any atom is -1.00 e. The van der Waals surface area contributed by atoms with E-state index in [-0.39, 0.29) is 22.3 Å². The van der Waals surface area contributed by atoms with Gasteiger partial charge >= 0.3 is 0 Å². The molecule has 0 spiro atoms. The molecule has 0 aromatic rings. The van der Waals surface area contributed by atoms with Crippen LogP contribution in [0.5, 0.6) is 0 Å². The Bertz CT molecular complexity index is 68.0. The Morgan fingerprint density at radius 3 is 1.22 bits per heavy atom. The summed E-state index contributed by atoms with van der Waals surface area (Å²) in [6.45, 7) is 8.48. The number of hydrogen-bond donors (Lipinski definition) is 1. The van der Waals surface area contributed by atoms with E-state index in [9.17, 15) is 0 Å².